The summed E-state index contributed by atoms with van der Waals surface area (Å²) in [6, 6.07) is 47.7. The number of fused-ring (bicyclic) bond motifs is 6. The molecule has 9 aromatic rings. The van der Waals surface area contributed by atoms with E-state index in [1.807, 2.05) is 42.5 Å². The van der Waals surface area contributed by atoms with E-state index >= 15 is 0 Å². The third-order valence-electron chi connectivity index (χ3n) is 15.2. The fourth-order valence-corrected chi connectivity index (χ4v) is 10.5. The van der Waals surface area contributed by atoms with Crippen molar-refractivity contribution in [2.75, 3.05) is 23.4 Å². The second-order valence-electron chi connectivity index (χ2n) is 23.0. The number of para-hydroxylation sites is 2. The molecule has 2 N–H and O–H groups in total. The molecule has 0 aliphatic carbocycles. The minimum absolute atomic E-state index is 0.00174. The largest absolute Gasteiger partial charge is 0.465 e. The summed E-state index contributed by atoms with van der Waals surface area (Å²) in [5.41, 5.74) is 0.312. The average Bonchev–Trinajstić information content (AvgIpc) is 1.71. The molecule has 0 fully saturated rings. The van der Waals surface area contributed by atoms with Gasteiger partial charge >= 0.3 is 113 Å². The summed E-state index contributed by atoms with van der Waals surface area (Å²) in [7, 11) is -1.76. The number of ether oxygens (including phenoxy) is 7. The summed E-state index contributed by atoms with van der Waals surface area (Å²) in [4.78, 5) is 257. The Morgan fingerprint density at radius 1 is 0.261 bits per heavy atom. The zero-order valence-corrected chi connectivity index (χ0v) is 59.1. The summed E-state index contributed by atoms with van der Waals surface area (Å²) < 4.78 is 54.6. The third kappa shape index (κ3) is 19.8. The van der Waals surface area contributed by atoms with Crippen LogP contribution in [0, 0.1) is 0 Å². The predicted molar refractivity (Wildman–Crippen MR) is 373 cm³/mol. The van der Waals surface area contributed by atoms with Gasteiger partial charge in [0.05, 0.1) is 119 Å². The molecule has 38 heteroatoms. The Balaban J connectivity index is 0.000000154. The van der Waals surface area contributed by atoms with Crippen molar-refractivity contribution in [2.24, 2.45) is 0 Å². The molecule has 15 rings (SSSR count). The number of esters is 13. The van der Waals surface area contributed by atoms with Crippen LogP contribution in [0.3, 0.4) is 0 Å². The van der Waals surface area contributed by atoms with Crippen LogP contribution in [0.5, 0.6) is 0 Å². The van der Waals surface area contributed by atoms with Gasteiger partial charge in [-0.2, -0.15) is 0 Å². The Morgan fingerprint density at radius 3 is 0.661 bits per heavy atom. The number of nitrogens with one attached hydrogen (secondary N) is 2. The quantitative estimate of drug-likeness (QED) is 0.0432. The molecule has 578 valence electrons. The molecule has 37 nitrogen and oxygen atoms in total. The number of benzene rings is 9. The molecule has 0 saturated carbocycles. The Morgan fingerprint density at radius 2 is 0.461 bits per heavy atom. The number of anilines is 2. The van der Waals surface area contributed by atoms with Crippen molar-refractivity contribution in [1.82, 2.24) is 0 Å². The summed E-state index contributed by atoms with van der Waals surface area (Å²) in [5.74, 6) is -17.5. The van der Waals surface area contributed by atoms with Crippen molar-refractivity contribution >= 4 is 141 Å². The van der Waals surface area contributed by atoms with E-state index < -0.39 is 117 Å². The highest BCUT2D eigenvalue weighted by molar-refractivity contribution is 7.92. The number of rotatable bonds is 10. The number of methoxy groups -OCH3 is 1. The van der Waals surface area contributed by atoms with Crippen molar-refractivity contribution in [1.29, 1.82) is 0 Å². The highest BCUT2D eigenvalue weighted by atomic mass is 32.2. The number of amides is 1. The van der Waals surface area contributed by atoms with E-state index in [1.165, 1.54) is 86.8 Å². The lowest BCUT2D eigenvalue weighted by Crippen LogP contribution is -2.13. The molecule has 0 saturated heterocycles. The first kappa shape index (κ1) is 80.9. The zero-order chi connectivity index (χ0) is 83.1. The van der Waals surface area contributed by atoms with Crippen LogP contribution in [0.25, 0.3) is 0 Å². The van der Waals surface area contributed by atoms with Gasteiger partial charge in [0.1, 0.15) is 0 Å². The molecule has 6 aliphatic rings. The van der Waals surface area contributed by atoms with Gasteiger partial charge < -0.3 is 38.5 Å². The van der Waals surface area contributed by atoms with E-state index in [0.717, 1.165) is 48.3 Å². The van der Waals surface area contributed by atoms with Crippen LogP contribution in [0.4, 0.5) is 11.4 Å². The summed E-state index contributed by atoms with van der Waals surface area (Å²) in [6.45, 7) is 1.49. The molecular weight excluding hydrogens is 1540 g/mol. The molecule has 0 spiro atoms. The van der Waals surface area contributed by atoms with Crippen molar-refractivity contribution in [3.05, 3.63) is 306 Å². The van der Waals surface area contributed by atoms with Crippen molar-refractivity contribution < 1.29 is 167 Å². The standard InChI is InChI=1S/3C18H6O10.C8H9NO.C8H8O2.C7H9NO2S/c3*19-13(7-1-3-9-11(5-7)17(23)25-15(9)21)27-28-14(20)8-2-4-10-12(6-8)18(24)26-16(10)22;1-7(10)9-8-5-3-2-4-6-8;1-10-8(9)7-5-3-2-4-6-7;1-11(9,10)8-7-5-3-2-4-6-7/h3*1-6H;2-6H,1H3,(H,9,10);2-6H,1H3;2-6,8H,1H3. The minimum atomic E-state index is -3.13. The second kappa shape index (κ2) is 35.1. The Kier molecular flexibility index (Phi) is 24.7. The van der Waals surface area contributed by atoms with Crippen LogP contribution in [-0.4, -0.2) is 141 Å². The van der Waals surface area contributed by atoms with Crippen molar-refractivity contribution in [3.63, 3.8) is 0 Å². The van der Waals surface area contributed by atoms with Gasteiger partial charge in [0.15, 0.2) is 0 Å². The normalized spacial score (nSPS) is 12.9. The highest BCUT2D eigenvalue weighted by Crippen LogP contribution is 2.28. The predicted octanol–water partition coefficient (Wildman–Crippen LogP) is 7.89. The number of cyclic esters (lactones) is 12. The summed E-state index contributed by atoms with van der Waals surface area (Å²) >= 11 is 0. The zero-order valence-electron chi connectivity index (χ0n) is 58.2. The van der Waals surface area contributed by atoms with Gasteiger partial charge in [-0.25, -0.2) is 129 Å². The number of carbonyl (C=O) groups excluding carboxylic acids is 20. The van der Waals surface area contributed by atoms with Gasteiger partial charge in [-0.3, -0.25) is 9.52 Å². The molecular formula is C77H44N2O35S. The molecule has 0 atom stereocenters. The molecule has 0 bridgehead atoms. The van der Waals surface area contributed by atoms with E-state index in [-0.39, 0.29) is 112 Å². The topological polar surface area (TPSA) is 520 Å². The summed E-state index contributed by atoms with van der Waals surface area (Å²) in [5, 5.41) is 2.67. The lowest BCUT2D eigenvalue weighted by molar-refractivity contribution is -0.187. The van der Waals surface area contributed by atoms with Crippen LogP contribution in [-0.2, 0) is 77.3 Å². The Bertz CT molecular complexity index is 5140. The molecule has 0 radical (unpaired) electrons. The maximum Gasteiger partial charge on any atom is 0.386 e. The first-order valence-corrected chi connectivity index (χ1v) is 33.9. The number of hydrogen-bond donors (Lipinski definition) is 2. The lowest BCUT2D eigenvalue weighted by atomic mass is 10.1. The van der Waals surface area contributed by atoms with Gasteiger partial charge in [-0.15, -0.1) is 0 Å². The van der Waals surface area contributed by atoms with Crippen LogP contribution in [0.1, 0.15) is 204 Å². The van der Waals surface area contributed by atoms with E-state index in [9.17, 15) is 104 Å². The second-order valence-corrected chi connectivity index (χ2v) is 24.7. The monoisotopic (exact) mass is 1590 g/mol. The van der Waals surface area contributed by atoms with Gasteiger partial charge in [0.25, 0.3) is 0 Å². The van der Waals surface area contributed by atoms with E-state index in [4.69, 9.17) is 0 Å². The van der Waals surface area contributed by atoms with Crippen LogP contribution in [0.15, 0.2) is 200 Å². The molecule has 1 amide bonds. The van der Waals surface area contributed by atoms with Crippen LogP contribution in [0.2, 0.25) is 0 Å². The first-order valence-electron chi connectivity index (χ1n) is 32.0. The van der Waals surface area contributed by atoms with E-state index in [0.29, 0.717) is 11.3 Å². The summed E-state index contributed by atoms with van der Waals surface area (Å²) in [6.07, 6.45) is 1.12. The molecule has 6 aliphatic heterocycles. The van der Waals surface area contributed by atoms with Crippen molar-refractivity contribution in [2.45, 2.75) is 6.92 Å². The minimum Gasteiger partial charge on any atom is -0.465 e. The van der Waals surface area contributed by atoms with Gasteiger partial charge in [-0.05, 0) is 146 Å². The average molecular weight is 1590 g/mol. The van der Waals surface area contributed by atoms with Gasteiger partial charge in [-0.1, -0.05) is 54.6 Å². The fourth-order valence-electron chi connectivity index (χ4n) is 9.93. The maximum absolute atomic E-state index is 12.0. The lowest BCUT2D eigenvalue weighted by Gasteiger charge is -2.04. The van der Waals surface area contributed by atoms with E-state index in [2.05, 4.69) is 72.5 Å². The van der Waals surface area contributed by atoms with Gasteiger partial charge in [0.2, 0.25) is 15.9 Å². The van der Waals surface area contributed by atoms with E-state index in [1.54, 1.807) is 48.5 Å². The van der Waals surface area contributed by atoms with Crippen molar-refractivity contribution in [3.8, 4) is 0 Å². The Labute approximate surface area is 641 Å². The SMILES string of the molecule is CC(=O)Nc1ccccc1.COC(=O)c1ccccc1.CS(=O)(=O)Nc1ccccc1.O=C(OOC(=O)c1ccc2c(c1)C(=O)OC2=O)c1ccc2c(c1)C(=O)OC2=O.O=C(OOC(=O)c1ccc2c(c1)C(=O)OC2=O)c1ccc2c(c1)C(=O)OC2=O.O=C(OOC(=O)c1ccc2c(c1)C(=O)OC2=O)c1ccc2c(c1)C(=O)OC2=O. The smallest absolute Gasteiger partial charge is 0.386 e. The van der Waals surface area contributed by atoms with Crippen LogP contribution >= 0.6 is 0 Å². The molecule has 0 aromatic heterocycles. The molecule has 6 heterocycles. The number of hydrogen-bond acceptors (Lipinski definition) is 35. The number of carbonyl (C=O) groups is 20. The number of sulfonamides is 1. The van der Waals surface area contributed by atoms with Crippen LogP contribution < -0.4 is 10.0 Å². The molecule has 0 unspecified atom stereocenters. The fraction of sp³-hybridized carbons (Fsp3) is 0.0390. The third-order valence-corrected chi connectivity index (χ3v) is 15.8. The maximum atomic E-state index is 12.0. The molecule has 115 heavy (non-hydrogen) atoms. The first-order chi connectivity index (χ1) is 54.7. The highest BCUT2D eigenvalue weighted by Gasteiger charge is 2.37. The van der Waals surface area contributed by atoms with Gasteiger partial charge in [0, 0.05) is 18.3 Å². The Hall–Kier alpha value is -16.7. The molecule has 9 aromatic carbocycles.